The molecule has 0 aliphatic carbocycles. The van der Waals surface area contributed by atoms with E-state index in [4.69, 9.17) is 0 Å². The highest BCUT2D eigenvalue weighted by Crippen LogP contribution is 2.10. The van der Waals surface area contributed by atoms with Crippen molar-refractivity contribution >= 4 is 17.4 Å². The molecule has 1 amide bonds. The second kappa shape index (κ2) is 6.22. The fourth-order valence-corrected chi connectivity index (χ4v) is 1.80. The monoisotopic (exact) mass is 260 g/mol. The number of imidazole rings is 1. The Morgan fingerprint density at radius 2 is 2.26 bits per heavy atom. The van der Waals surface area contributed by atoms with Crippen LogP contribution in [0.15, 0.2) is 30.6 Å². The number of nitrogens with one attached hydrogen (secondary N) is 2. The van der Waals surface area contributed by atoms with E-state index in [0.717, 1.165) is 18.0 Å². The highest BCUT2D eigenvalue weighted by Gasteiger charge is 2.03. The summed E-state index contributed by atoms with van der Waals surface area (Å²) >= 11 is 0. The number of aromatic nitrogens is 2. The highest BCUT2D eigenvalue weighted by atomic mass is 16.1. The summed E-state index contributed by atoms with van der Waals surface area (Å²) < 4.78 is 1.96. The molecule has 5 nitrogen and oxygen atoms in total. The van der Waals surface area contributed by atoms with Crippen LogP contribution in [0.1, 0.15) is 20.3 Å². The van der Waals surface area contributed by atoms with Crippen LogP contribution in [0.2, 0.25) is 0 Å². The first kappa shape index (κ1) is 13.4. The van der Waals surface area contributed by atoms with Crippen LogP contribution in [0, 0.1) is 5.92 Å². The number of carbonyl (C=O) groups is 1. The van der Waals surface area contributed by atoms with E-state index in [0.29, 0.717) is 18.9 Å². The van der Waals surface area contributed by atoms with E-state index >= 15 is 0 Å². The Morgan fingerprint density at radius 3 is 3.05 bits per heavy atom. The summed E-state index contributed by atoms with van der Waals surface area (Å²) in [5.41, 5.74) is 0.897. The molecule has 2 N–H and O–H groups in total. The summed E-state index contributed by atoms with van der Waals surface area (Å²) in [6.07, 6.45) is 4.13. The zero-order valence-corrected chi connectivity index (χ0v) is 11.4. The van der Waals surface area contributed by atoms with Crippen LogP contribution in [0.25, 0.3) is 5.65 Å². The number of nitrogens with zero attached hydrogens (tertiary/aromatic N) is 2. The van der Waals surface area contributed by atoms with Gasteiger partial charge >= 0.3 is 0 Å². The van der Waals surface area contributed by atoms with Gasteiger partial charge in [0.1, 0.15) is 11.5 Å². The summed E-state index contributed by atoms with van der Waals surface area (Å²) in [5.74, 6) is 1.52. The maximum Gasteiger partial charge on any atom is 0.221 e. The molecule has 0 radical (unpaired) electrons. The summed E-state index contributed by atoms with van der Waals surface area (Å²) in [7, 11) is 0. The number of pyridine rings is 1. The van der Waals surface area contributed by atoms with Gasteiger partial charge in [-0.15, -0.1) is 0 Å². The maximum atomic E-state index is 11.6. The van der Waals surface area contributed by atoms with Crippen LogP contribution in [0.4, 0.5) is 5.82 Å². The Hall–Kier alpha value is -2.04. The standard InChI is InChI=1S/C14H20N4O/c1-11(2)10-17-14(19)6-7-15-12-4-3-5-13-16-8-9-18(12)13/h3-5,8-9,11,15H,6-7,10H2,1-2H3,(H,17,19). The molecular formula is C14H20N4O. The number of rotatable bonds is 6. The molecule has 19 heavy (non-hydrogen) atoms. The van der Waals surface area contributed by atoms with Crippen LogP contribution in [0.3, 0.4) is 0 Å². The van der Waals surface area contributed by atoms with Gasteiger partial charge in [-0.05, 0) is 18.1 Å². The van der Waals surface area contributed by atoms with Gasteiger partial charge < -0.3 is 10.6 Å². The Morgan fingerprint density at radius 1 is 1.42 bits per heavy atom. The first-order valence-corrected chi connectivity index (χ1v) is 6.59. The number of hydrogen-bond donors (Lipinski definition) is 2. The molecule has 0 spiro atoms. The van der Waals surface area contributed by atoms with Crippen molar-refractivity contribution < 1.29 is 4.79 Å². The lowest BCUT2D eigenvalue weighted by atomic mass is 10.2. The predicted octanol–water partition coefficient (Wildman–Crippen LogP) is 1.91. The molecule has 0 unspecified atom stereocenters. The molecule has 0 saturated heterocycles. The van der Waals surface area contributed by atoms with Crippen LogP contribution >= 0.6 is 0 Å². The van der Waals surface area contributed by atoms with Gasteiger partial charge in [-0.25, -0.2) is 4.98 Å². The normalized spacial score (nSPS) is 10.9. The molecular weight excluding hydrogens is 240 g/mol. The van der Waals surface area contributed by atoms with E-state index < -0.39 is 0 Å². The molecule has 0 aliphatic rings. The SMILES string of the molecule is CC(C)CNC(=O)CCNc1cccc2nccn12. The van der Waals surface area contributed by atoms with Crippen LogP contribution < -0.4 is 10.6 Å². The largest absolute Gasteiger partial charge is 0.371 e. The fourth-order valence-electron chi connectivity index (χ4n) is 1.80. The van der Waals surface area contributed by atoms with Crippen LogP contribution in [-0.2, 0) is 4.79 Å². The Balaban J connectivity index is 1.82. The molecule has 0 aliphatic heterocycles. The first-order valence-electron chi connectivity index (χ1n) is 6.59. The fraction of sp³-hybridized carbons (Fsp3) is 0.429. The van der Waals surface area contributed by atoms with Gasteiger partial charge in [-0.2, -0.15) is 0 Å². The molecule has 2 heterocycles. The Bertz CT molecular complexity index is 547. The van der Waals surface area contributed by atoms with E-state index in [-0.39, 0.29) is 5.91 Å². The van der Waals surface area contributed by atoms with Gasteiger partial charge in [-0.1, -0.05) is 19.9 Å². The summed E-state index contributed by atoms with van der Waals surface area (Å²) in [5, 5.41) is 6.16. The molecule has 0 bridgehead atoms. The minimum absolute atomic E-state index is 0.0824. The minimum Gasteiger partial charge on any atom is -0.371 e. The van der Waals surface area contributed by atoms with Gasteiger partial charge in [0.2, 0.25) is 5.91 Å². The number of anilines is 1. The first-order chi connectivity index (χ1) is 9.16. The van der Waals surface area contributed by atoms with Gasteiger partial charge in [0.15, 0.2) is 0 Å². The molecule has 2 aromatic heterocycles. The number of fused-ring (bicyclic) bond motifs is 1. The molecule has 0 aromatic carbocycles. The van der Waals surface area contributed by atoms with Gasteiger partial charge in [0.05, 0.1) is 0 Å². The molecule has 102 valence electrons. The second-order valence-corrected chi connectivity index (χ2v) is 4.94. The van der Waals surface area contributed by atoms with Crippen molar-refractivity contribution in [2.45, 2.75) is 20.3 Å². The number of amides is 1. The minimum atomic E-state index is 0.0824. The van der Waals surface area contributed by atoms with Gasteiger partial charge in [-0.3, -0.25) is 9.20 Å². The molecule has 0 saturated carbocycles. The van der Waals surface area contributed by atoms with Crippen molar-refractivity contribution in [3.63, 3.8) is 0 Å². The summed E-state index contributed by atoms with van der Waals surface area (Å²) in [6.45, 7) is 5.51. The maximum absolute atomic E-state index is 11.6. The number of hydrogen-bond acceptors (Lipinski definition) is 3. The Kier molecular flexibility index (Phi) is 4.39. The van der Waals surface area contributed by atoms with Gasteiger partial charge in [0, 0.05) is 31.9 Å². The van der Waals surface area contributed by atoms with E-state index in [1.807, 2.05) is 28.8 Å². The van der Waals surface area contributed by atoms with E-state index in [1.165, 1.54) is 0 Å². The van der Waals surface area contributed by atoms with Crippen molar-refractivity contribution in [1.82, 2.24) is 14.7 Å². The van der Waals surface area contributed by atoms with E-state index in [9.17, 15) is 4.79 Å². The van der Waals surface area contributed by atoms with Crippen molar-refractivity contribution in [1.29, 1.82) is 0 Å². The lowest BCUT2D eigenvalue weighted by Gasteiger charge is -2.10. The highest BCUT2D eigenvalue weighted by molar-refractivity contribution is 5.76. The molecule has 2 rings (SSSR count). The topological polar surface area (TPSA) is 58.4 Å². The van der Waals surface area contributed by atoms with Crippen molar-refractivity contribution in [2.75, 3.05) is 18.4 Å². The second-order valence-electron chi connectivity index (χ2n) is 4.94. The molecule has 5 heteroatoms. The van der Waals surface area contributed by atoms with Crippen molar-refractivity contribution in [3.8, 4) is 0 Å². The molecule has 0 fully saturated rings. The third-order valence-corrected chi connectivity index (χ3v) is 2.79. The Labute approximate surface area is 113 Å². The lowest BCUT2D eigenvalue weighted by molar-refractivity contribution is -0.120. The third kappa shape index (κ3) is 3.71. The smallest absolute Gasteiger partial charge is 0.221 e. The zero-order valence-electron chi connectivity index (χ0n) is 11.4. The number of carbonyl (C=O) groups excluding carboxylic acids is 1. The summed E-state index contributed by atoms with van der Waals surface area (Å²) in [6, 6.07) is 5.87. The van der Waals surface area contributed by atoms with Crippen molar-refractivity contribution in [2.24, 2.45) is 5.92 Å². The van der Waals surface area contributed by atoms with E-state index in [2.05, 4.69) is 29.5 Å². The van der Waals surface area contributed by atoms with Gasteiger partial charge in [0.25, 0.3) is 0 Å². The predicted molar refractivity (Wildman–Crippen MR) is 76.1 cm³/mol. The van der Waals surface area contributed by atoms with E-state index in [1.54, 1.807) is 6.20 Å². The zero-order chi connectivity index (χ0) is 13.7. The van der Waals surface area contributed by atoms with Crippen LogP contribution in [0.5, 0.6) is 0 Å². The van der Waals surface area contributed by atoms with Crippen molar-refractivity contribution in [3.05, 3.63) is 30.6 Å². The quantitative estimate of drug-likeness (QED) is 0.834. The average Bonchev–Trinajstić information content (AvgIpc) is 2.85. The molecule has 2 aromatic rings. The summed E-state index contributed by atoms with van der Waals surface area (Å²) in [4.78, 5) is 15.8. The van der Waals surface area contributed by atoms with Crippen LogP contribution in [-0.4, -0.2) is 28.4 Å². The average molecular weight is 260 g/mol. The third-order valence-electron chi connectivity index (χ3n) is 2.79. The lowest BCUT2D eigenvalue weighted by Crippen LogP contribution is -2.28. The molecule has 0 atom stereocenters.